The van der Waals surface area contributed by atoms with Crippen LogP contribution in [0.15, 0.2) is 35.8 Å². The van der Waals surface area contributed by atoms with Crippen LogP contribution in [0.4, 0.5) is 5.69 Å². The minimum atomic E-state index is -1.26. The van der Waals surface area contributed by atoms with Gasteiger partial charge in [0.25, 0.3) is 0 Å². The van der Waals surface area contributed by atoms with E-state index in [9.17, 15) is 9.90 Å². The third-order valence-corrected chi connectivity index (χ3v) is 3.75. The second kappa shape index (κ2) is 5.27. The standard InChI is InChI=1S/C13H14N2O3S/c1-13(12(16)17,11-14-6-7-19-11)15-9-4-3-5-10(8-9)18-2/h3-8,15H,1-2H3,(H,16,17). The number of nitrogens with one attached hydrogen (secondary N) is 1. The minimum Gasteiger partial charge on any atom is -0.497 e. The van der Waals surface area contributed by atoms with Gasteiger partial charge >= 0.3 is 5.97 Å². The van der Waals surface area contributed by atoms with E-state index < -0.39 is 11.5 Å². The van der Waals surface area contributed by atoms with E-state index in [2.05, 4.69) is 10.3 Å². The van der Waals surface area contributed by atoms with Crippen LogP contribution >= 0.6 is 11.3 Å². The first-order valence-electron chi connectivity index (χ1n) is 5.62. The summed E-state index contributed by atoms with van der Waals surface area (Å²) in [4.78, 5) is 15.6. The lowest BCUT2D eigenvalue weighted by molar-refractivity contribution is -0.142. The molecule has 1 atom stereocenters. The molecule has 2 aromatic rings. The van der Waals surface area contributed by atoms with Crippen molar-refractivity contribution in [1.29, 1.82) is 0 Å². The molecule has 1 heterocycles. The summed E-state index contributed by atoms with van der Waals surface area (Å²) >= 11 is 1.30. The lowest BCUT2D eigenvalue weighted by Crippen LogP contribution is -2.40. The summed E-state index contributed by atoms with van der Waals surface area (Å²) in [6.45, 7) is 1.59. The van der Waals surface area contributed by atoms with Crippen molar-refractivity contribution in [3.05, 3.63) is 40.8 Å². The summed E-state index contributed by atoms with van der Waals surface area (Å²) < 4.78 is 5.12. The Hall–Kier alpha value is -2.08. The molecule has 1 unspecified atom stereocenters. The summed E-state index contributed by atoms with van der Waals surface area (Å²) in [6, 6.07) is 7.13. The lowest BCUT2D eigenvalue weighted by atomic mass is 10.0. The van der Waals surface area contributed by atoms with Gasteiger partial charge in [-0.15, -0.1) is 11.3 Å². The Kier molecular flexibility index (Phi) is 3.71. The van der Waals surface area contributed by atoms with Gasteiger partial charge in [-0.05, 0) is 19.1 Å². The first kappa shape index (κ1) is 13.4. The third kappa shape index (κ3) is 2.68. The first-order chi connectivity index (χ1) is 9.06. The van der Waals surface area contributed by atoms with E-state index in [1.807, 2.05) is 0 Å². The number of hydrogen-bond donors (Lipinski definition) is 2. The van der Waals surface area contributed by atoms with E-state index in [0.29, 0.717) is 16.4 Å². The van der Waals surface area contributed by atoms with E-state index in [1.54, 1.807) is 49.9 Å². The second-order valence-corrected chi connectivity index (χ2v) is 5.02. The fourth-order valence-corrected chi connectivity index (χ4v) is 2.40. The molecule has 1 aromatic heterocycles. The highest BCUT2D eigenvalue weighted by atomic mass is 32.1. The summed E-state index contributed by atoms with van der Waals surface area (Å²) in [5.41, 5.74) is -0.597. The molecule has 0 amide bonds. The predicted octanol–water partition coefficient (Wildman–Crippen LogP) is 2.56. The van der Waals surface area contributed by atoms with Crippen molar-refractivity contribution < 1.29 is 14.6 Å². The minimum absolute atomic E-state index is 0.503. The molecule has 100 valence electrons. The van der Waals surface area contributed by atoms with Gasteiger partial charge < -0.3 is 15.2 Å². The van der Waals surface area contributed by atoms with Crippen LogP contribution in [0.25, 0.3) is 0 Å². The maximum atomic E-state index is 11.6. The van der Waals surface area contributed by atoms with Gasteiger partial charge in [0.05, 0.1) is 7.11 Å². The summed E-state index contributed by atoms with van der Waals surface area (Å²) in [5.74, 6) is -0.317. The van der Waals surface area contributed by atoms with E-state index in [1.165, 1.54) is 11.3 Å². The average molecular weight is 278 g/mol. The Morgan fingerprint density at radius 1 is 1.53 bits per heavy atom. The van der Waals surface area contributed by atoms with Crippen molar-refractivity contribution in [3.63, 3.8) is 0 Å². The summed E-state index contributed by atoms with van der Waals surface area (Å²) in [6.07, 6.45) is 1.59. The molecule has 0 bridgehead atoms. The Morgan fingerprint density at radius 3 is 2.89 bits per heavy atom. The number of aromatic nitrogens is 1. The number of carbonyl (C=O) groups is 1. The van der Waals surface area contributed by atoms with Crippen LogP contribution in [-0.4, -0.2) is 23.2 Å². The highest BCUT2D eigenvalue weighted by molar-refractivity contribution is 7.09. The molecule has 0 saturated carbocycles. The quantitative estimate of drug-likeness (QED) is 0.879. The molecule has 2 rings (SSSR count). The predicted molar refractivity (Wildman–Crippen MR) is 73.7 cm³/mol. The molecule has 1 aromatic carbocycles. The summed E-state index contributed by atoms with van der Waals surface area (Å²) in [5, 5.41) is 14.7. The molecule has 0 spiro atoms. The van der Waals surface area contributed by atoms with Gasteiger partial charge in [0, 0.05) is 23.3 Å². The van der Waals surface area contributed by atoms with E-state index >= 15 is 0 Å². The highest BCUT2D eigenvalue weighted by Crippen LogP contribution is 2.29. The van der Waals surface area contributed by atoms with Gasteiger partial charge in [0.2, 0.25) is 0 Å². The first-order valence-corrected chi connectivity index (χ1v) is 6.50. The number of carboxylic acids is 1. The molecular formula is C13H14N2O3S. The van der Waals surface area contributed by atoms with Gasteiger partial charge in [0.15, 0.2) is 5.54 Å². The fourth-order valence-electron chi connectivity index (χ4n) is 1.66. The van der Waals surface area contributed by atoms with Gasteiger partial charge in [0.1, 0.15) is 10.8 Å². The van der Waals surface area contributed by atoms with E-state index in [4.69, 9.17) is 4.74 Å². The van der Waals surface area contributed by atoms with E-state index in [0.717, 1.165) is 0 Å². The normalized spacial score (nSPS) is 13.6. The number of ether oxygens (including phenoxy) is 1. The molecule has 0 aliphatic rings. The van der Waals surface area contributed by atoms with Crippen LogP contribution in [0, 0.1) is 0 Å². The number of rotatable bonds is 5. The summed E-state index contributed by atoms with van der Waals surface area (Å²) in [7, 11) is 1.57. The van der Waals surface area contributed by atoms with Crippen LogP contribution in [0.1, 0.15) is 11.9 Å². The molecule has 0 radical (unpaired) electrons. The topological polar surface area (TPSA) is 71.5 Å². The van der Waals surface area contributed by atoms with Crippen molar-refractivity contribution in [2.75, 3.05) is 12.4 Å². The van der Waals surface area contributed by atoms with Gasteiger partial charge in [-0.3, -0.25) is 0 Å². The lowest BCUT2D eigenvalue weighted by Gasteiger charge is -2.25. The molecular weight excluding hydrogens is 264 g/mol. The average Bonchev–Trinajstić information content (AvgIpc) is 2.93. The third-order valence-electron chi connectivity index (χ3n) is 2.75. The van der Waals surface area contributed by atoms with Gasteiger partial charge in [-0.2, -0.15) is 0 Å². The smallest absolute Gasteiger partial charge is 0.336 e. The van der Waals surface area contributed by atoms with Gasteiger partial charge in [-0.25, -0.2) is 9.78 Å². The molecule has 2 N–H and O–H groups in total. The number of thiazole rings is 1. The van der Waals surface area contributed by atoms with Crippen LogP contribution in [0.3, 0.4) is 0 Å². The van der Waals surface area contributed by atoms with Crippen molar-refractivity contribution in [2.24, 2.45) is 0 Å². The highest BCUT2D eigenvalue weighted by Gasteiger charge is 2.37. The molecule has 5 nitrogen and oxygen atoms in total. The SMILES string of the molecule is COc1cccc(NC(C)(C(=O)O)c2nccs2)c1. The number of methoxy groups -OCH3 is 1. The number of hydrogen-bond acceptors (Lipinski definition) is 5. The molecule has 6 heteroatoms. The molecule has 0 aliphatic carbocycles. The zero-order valence-corrected chi connectivity index (χ0v) is 11.4. The second-order valence-electron chi connectivity index (χ2n) is 4.12. The van der Waals surface area contributed by atoms with Crippen molar-refractivity contribution in [1.82, 2.24) is 4.98 Å². The number of aliphatic carboxylic acids is 1. The maximum Gasteiger partial charge on any atom is 0.336 e. The largest absolute Gasteiger partial charge is 0.497 e. The number of anilines is 1. The zero-order chi connectivity index (χ0) is 13.9. The van der Waals surface area contributed by atoms with Crippen molar-refractivity contribution in [3.8, 4) is 5.75 Å². The van der Waals surface area contributed by atoms with Crippen LogP contribution in [0.5, 0.6) is 5.75 Å². The van der Waals surface area contributed by atoms with Crippen molar-refractivity contribution in [2.45, 2.75) is 12.5 Å². The van der Waals surface area contributed by atoms with E-state index in [-0.39, 0.29) is 0 Å². The Morgan fingerprint density at radius 2 is 2.32 bits per heavy atom. The van der Waals surface area contributed by atoms with Crippen molar-refractivity contribution >= 4 is 23.0 Å². The van der Waals surface area contributed by atoms with Crippen LogP contribution in [0.2, 0.25) is 0 Å². The molecule has 0 saturated heterocycles. The number of benzene rings is 1. The number of nitrogens with zero attached hydrogens (tertiary/aromatic N) is 1. The van der Waals surface area contributed by atoms with Crippen LogP contribution in [-0.2, 0) is 10.3 Å². The molecule has 0 aliphatic heterocycles. The van der Waals surface area contributed by atoms with Gasteiger partial charge in [-0.1, -0.05) is 6.07 Å². The Labute approximate surface area is 114 Å². The number of carboxylic acid groups (broad SMARTS) is 1. The Balaban J connectivity index is 2.34. The maximum absolute atomic E-state index is 11.6. The zero-order valence-electron chi connectivity index (χ0n) is 10.6. The monoisotopic (exact) mass is 278 g/mol. The molecule has 19 heavy (non-hydrogen) atoms. The fraction of sp³-hybridized carbons (Fsp3) is 0.231. The van der Waals surface area contributed by atoms with Crippen LogP contribution < -0.4 is 10.1 Å². The molecule has 0 fully saturated rings. The Bertz CT molecular complexity index is 571.